The SMILES string of the molecule is O=C(O)C1CC1c1ccc2[nH]c(=O)[nH]c2c1. The zero-order valence-electron chi connectivity index (χ0n) is 8.36. The lowest BCUT2D eigenvalue weighted by molar-refractivity contribution is -0.138. The van der Waals surface area contributed by atoms with Gasteiger partial charge < -0.3 is 15.1 Å². The number of hydrogen-bond donors (Lipinski definition) is 3. The van der Waals surface area contributed by atoms with Gasteiger partial charge in [-0.3, -0.25) is 4.79 Å². The standard InChI is InChI=1S/C11H10N2O3/c14-10(15)7-4-6(7)5-1-2-8-9(3-5)13-11(16)12-8/h1-3,6-7H,4H2,(H,14,15)(H2,12,13,16). The summed E-state index contributed by atoms with van der Waals surface area (Å²) in [6.45, 7) is 0. The number of nitrogens with one attached hydrogen (secondary N) is 2. The molecule has 0 saturated heterocycles. The van der Waals surface area contributed by atoms with Crippen LogP contribution in [0.5, 0.6) is 0 Å². The Hall–Kier alpha value is -2.04. The van der Waals surface area contributed by atoms with Crippen LogP contribution in [0.2, 0.25) is 0 Å². The molecule has 16 heavy (non-hydrogen) atoms. The maximum atomic E-state index is 11.1. The van der Waals surface area contributed by atoms with E-state index in [0.717, 1.165) is 16.6 Å². The molecule has 0 radical (unpaired) electrons. The molecule has 0 aliphatic heterocycles. The van der Waals surface area contributed by atoms with Gasteiger partial charge in [0.25, 0.3) is 0 Å². The van der Waals surface area contributed by atoms with Crippen LogP contribution in [0.1, 0.15) is 17.9 Å². The van der Waals surface area contributed by atoms with Crippen molar-refractivity contribution in [3.63, 3.8) is 0 Å². The quantitative estimate of drug-likeness (QED) is 0.704. The lowest BCUT2D eigenvalue weighted by Gasteiger charge is -1.98. The molecule has 1 aliphatic rings. The second kappa shape index (κ2) is 2.98. The first-order valence-electron chi connectivity index (χ1n) is 5.10. The fraction of sp³-hybridized carbons (Fsp3) is 0.273. The predicted molar refractivity (Wildman–Crippen MR) is 57.4 cm³/mol. The molecule has 1 fully saturated rings. The molecule has 3 rings (SSSR count). The summed E-state index contributed by atoms with van der Waals surface area (Å²) >= 11 is 0. The van der Waals surface area contributed by atoms with E-state index in [4.69, 9.17) is 5.11 Å². The molecule has 2 aromatic rings. The summed E-state index contributed by atoms with van der Waals surface area (Å²) in [4.78, 5) is 27.1. The molecule has 2 unspecified atom stereocenters. The molecular formula is C11H10N2O3. The highest BCUT2D eigenvalue weighted by atomic mass is 16.4. The van der Waals surface area contributed by atoms with E-state index < -0.39 is 5.97 Å². The fourth-order valence-electron chi connectivity index (χ4n) is 2.12. The minimum atomic E-state index is -0.743. The molecule has 82 valence electrons. The summed E-state index contributed by atoms with van der Waals surface area (Å²) in [5, 5.41) is 8.84. The van der Waals surface area contributed by atoms with Gasteiger partial charge in [0.15, 0.2) is 0 Å². The van der Waals surface area contributed by atoms with Crippen LogP contribution >= 0.6 is 0 Å². The summed E-state index contributed by atoms with van der Waals surface area (Å²) < 4.78 is 0. The Kier molecular flexibility index (Phi) is 1.71. The number of carboxylic acid groups (broad SMARTS) is 1. The van der Waals surface area contributed by atoms with Gasteiger partial charge in [-0.2, -0.15) is 0 Å². The Morgan fingerprint density at radius 1 is 1.31 bits per heavy atom. The maximum absolute atomic E-state index is 11.1. The van der Waals surface area contributed by atoms with Gasteiger partial charge in [-0.25, -0.2) is 4.79 Å². The molecule has 5 heteroatoms. The van der Waals surface area contributed by atoms with Crippen LogP contribution in [-0.4, -0.2) is 21.0 Å². The lowest BCUT2D eigenvalue weighted by atomic mass is 10.1. The van der Waals surface area contributed by atoms with Gasteiger partial charge in [0, 0.05) is 0 Å². The van der Waals surface area contributed by atoms with Crippen LogP contribution in [0.4, 0.5) is 0 Å². The van der Waals surface area contributed by atoms with E-state index in [1.807, 2.05) is 12.1 Å². The Morgan fingerprint density at radius 2 is 2.06 bits per heavy atom. The van der Waals surface area contributed by atoms with Gasteiger partial charge in [-0.15, -0.1) is 0 Å². The molecular weight excluding hydrogens is 208 g/mol. The molecule has 5 nitrogen and oxygen atoms in total. The van der Waals surface area contributed by atoms with Crippen molar-refractivity contribution >= 4 is 17.0 Å². The number of benzene rings is 1. The fourth-order valence-corrected chi connectivity index (χ4v) is 2.12. The summed E-state index contributed by atoms with van der Waals surface area (Å²) in [6, 6.07) is 5.53. The molecule has 1 aliphatic carbocycles. The minimum Gasteiger partial charge on any atom is -0.481 e. The highest BCUT2D eigenvalue weighted by Crippen LogP contribution is 2.47. The largest absolute Gasteiger partial charge is 0.481 e. The Morgan fingerprint density at radius 3 is 2.75 bits per heavy atom. The third-order valence-electron chi connectivity index (χ3n) is 3.08. The average Bonchev–Trinajstić information content (AvgIpc) is 2.94. The number of H-pyrrole nitrogens is 2. The van der Waals surface area contributed by atoms with Crippen molar-refractivity contribution in [3.8, 4) is 0 Å². The summed E-state index contributed by atoms with van der Waals surface area (Å²) in [5.74, 6) is -0.906. The molecule has 1 heterocycles. The number of carbonyl (C=O) groups is 1. The third-order valence-corrected chi connectivity index (χ3v) is 3.08. The second-order valence-electron chi connectivity index (χ2n) is 4.17. The van der Waals surface area contributed by atoms with Crippen LogP contribution < -0.4 is 5.69 Å². The van der Waals surface area contributed by atoms with Crippen molar-refractivity contribution in [2.75, 3.05) is 0 Å². The number of carboxylic acids is 1. The molecule has 0 spiro atoms. The molecule has 0 bridgehead atoms. The third kappa shape index (κ3) is 1.32. The van der Waals surface area contributed by atoms with Gasteiger partial charge in [0.1, 0.15) is 0 Å². The van der Waals surface area contributed by atoms with Gasteiger partial charge in [-0.1, -0.05) is 6.07 Å². The summed E-state index contributed by atoms with van der Waals surface area (Å²) in [5.41, 5.74) is 2.23. The number of rotatable bonds is 2. The van der Waals surface area contributed by atoms with Crippen LogP contribution in [-0.2, 0) is 4.79 Å². The zero-order valence-corrected chi connectivity index (χ0v) is 8.36. The first-order valence-corrected chi connectivity index (χ1v) is 5.10. The predicted octanol–water partition coefficient (Wildman–Crippen LogP) is 1.04. The average molecular weight is 218 g/mol. The van der Waals surface area contributed by atoms with Crippen LogP contribution in [0, 0.1) is 5.92 Å². The highest BCUT2D eigenvalue weighted by Gasteiger charge is 2.44. The van der Waals surface area contributed by atoms with E-state index in [2.05, 4.69) is 9.97 Å². The Labute approximate surface area is 90.1 Å². The number of aromatic nitrogens is 2. The van der Waals surface area contributed by atoms with Gasteiger partial charge in [0.2, 0.25) is 0 Å². The second-order valence-corrected chi connectivity index (χ2v) is 4.17. The Balaban J connectivity index is 2.00. The minimum absolute atomic E-state index is 0.0975. The molecule has 3 N–H and O–H groups in total. The van der Waals surface area contributed by atoms with Gasteiger partial charge in [-0.05, 0) is 30.0 Å². The van der Waals surface area contributed by atoms with Crippen molar-refractivity contribution in [2.45, 2.75) is 12.3 Å². The zero-order chi connectivity index (χ0) is 11.3. The summed E-state index contributed by atoms with van der Waals surface area (Å²) in [7, 11) is 0. The van der Waals surface area contributed by atoms with Gasteiger partial charge in [0.05, 0.1) is 17.0 Å². The normalized spacial score (nSPS) is 23.5. The van der Waals surface area contributed by atoms with Gasteiger partial charge >= 0.3 is 11.7 Å². The van der Waals surface area contributed by atoms with Crippen LogP contribution in [0.25, 0.3) is 11.0 Å². The van der Waals surface area contributed by atoms with E-state index in [-0.39, 0.29) is 17.5 Å². The topological polar surface area (TPSA) is 85.9 Å². The van der Waals surface area contributed by atoms with E-state index >= 15 is 0 Å². The van der Waals surface area contributed by atoms with Crippen molar-refractivity contribution in [3.05, 3.63) is 34.2 Å². The summed E-state index contributed by atoms with van der Waals surface area (Å²) in [6.07, 6.45) is 0.690. The van der Waals surface area contributed by atoms with Crippen molar-refractivity contribution in [1.29, 1.82) is 0 Å². The number of hydrogen-bond acceptors (Lipinski definition) is 2. The molecule has 1 aromatic heterocycles. The van der Waals surface area contributed by atoms with Crippen LogP contribution in [0.3, 0.4) is 0 Å². The first-order chi connectivity index (χ1) is 7.65. The maximum Gasteiger partial charge on any atom is 0.323 e. The highest BCUT2D eigenvalue weighted by molar-refractivity contribution is 5.78. The monoisotopic (exact) mass is 218 g/mol. The van der Waals surface area contributed by atoms with E-state index in [9.17, 15) is 9.59 Å². The first kappa shape index (κ1) is 9.21. The number of aromatic amines is 2. The van der Waals surface area contributed by atoms with Crippen molar-refractivity contribution in [1.82, 2.24) is 9.97 Å². The van der Waals surface area contributed by atoms with Crippen LogP contribution in [0.15, 0.2) is 23.0 Å². The van der Waals surface area contributed by atoms with Crippen molar-refractivity contribution in [2.24, 2.45) is 5.92 Å². The molecule has 1 aromatic carbocycles. The molecule has 2 atom stereocenters. The number of aliphatic carboxylic acids is 1. The van der Waals surface area contributed by atoms with E-state index in [1.54, 1.807) is 6.07 Å². The Bertz CT molecular complexity index is 625. The molecule has 0 amide bonds. The smallest absolute Gasteiger partial charge is 0.323 e. The van der Waals surface area contributed by atoms with E-state index in [0.29, 0.717) is 6.42 Å². The van der Waals surface area contributed by atoms with E-state index in [1.165, 1.54) is 0 Å². The lowest BCUT2D eigenvalue weighted by Crippen LogP contribution is -1.99. The molecule has 1 saturated carbocycles. The number of fused-ring (bicyclic) bond motifs is 1. The number of imidazole rings is 1. The van der Waals surface area contributed by atoms with Crippen molar-refractivity contribution < 1.29 is 9.90 Å².